The number of benzene rings is 2. The summed E-state index contributed by atoms with van der Waals surface area (Å²) in [5, 5.41) is 24.4. The van der Waals surface area contributed by atoms with Gasteiger partial charge in [0.15, 0.2) is 0 Å². The average molecular weight is 554 g/mol. The van der Waals surface area contributed by atoms with Gasteiger partial charge in [-0.15, -0.1) is 0 Å². The summed E-state index contributed by atoms with van der Waals surface area (Å²) >= 11 is 0. The minimum atomic E-state index is -0.900. The highest BCUT2D eigenvalue weighted by Gasteiger charge is 2.31. The van der Waals surface area contributed by atoms with E-state index in [0.29, 0.717) is 17.8 Å². The molecular weight excluding hydrogens is 514 g/mol. The second kappa shape index (κ2) is 12.0. The number of aliphatic hydroxyl groups is 1. The van der Waals surface area contributed by atoms with Crippen LogP contribution in [0.15, 0.2) is 59.7 Å². The highest BCUT2D eigenvalue weighted by molar-refractivity contribution is 5.70. The van der Waals surface area contributed by atoms with Crippen LogP contribution in [0.3, 0.4) is 0 Å². The Morgan fingerprint density at radius 2 is 1.83 bits per heavy atom. The molecule has 5 rings (SSSR count). The molecule has 4 aromatic rings. The van der Waals surface area contributed by atoms with Gasteiger partial charge in [0.1, 0.15) is 6.33 Å². The number of hydrogen-bond donors (Lipinski definition) is 1. The zero-order valence-electron chi connectivity index (χ0n) is 24.4. The fourth-order valence-electron chi connectivity index (χ4n) is 5.81. The molecule has 0 radical (unpaired) electrons. The van der Waals surface area contributed by atoms with E-state index < -0.39 is 5.60 Å². The summed E-state index contributed by atoms with van der Waals surface area (Å²) in [4.78, 5) is 18.8. The van der Waals surface area contributed by atoms with E-state index >= 15 is 0 Å². The van der Waals surface area contributed by atoms with E-state index in [2.05, 4.69) is 23.1 Å². The van der Waals surface area contributed by atoms with E-state index in [-0.39, 0.29) is 23.8 Å². The number of fused-ring (bicyclic) bond motifs is 1. The maximum atomic E-state index is 14.2. The summed E-state index contributed by atoms with van der Waals surface area (Å²) in [6.45, 7) is 7.55. The van der Waals surface area contributed by atoms with Gasteiger partial charge in [-0.1, -0.05) is 55.8 Å². The molecule has 1 unspecified atom stereocenters. The molecule has 41 heavy (non-hydrogen) atoms. The molecule has 8 nitrogen and oxygen atoms in total. The summed E-state index contributed by atoms with van der Waals surface area (Å²) in [5.74, 6) is 0.597. The number of rotatable bonds is 9. The van der Waals surface area contributed by atoms with Crippen molar-refractivity contribution in [2.24, 2.45) is 0 Å². The van der Waals surface area contributed by atoms with Gasteiger partial charge in [0.25, 0.3) is 5.56 Å². The SMILES string of the molecule is CCCc1c(Cc2ccc(-c3ccccc3C#N)cc2)c(=O)n(C2CCC(OC(C)C(C)(C)O)CC2)c2ncnn12. The Balaban J connectivity index is 1.45. The molecule has 0 amide bonds. The van der Waals surface area contributed by atoms with Gasteiger partial charge in [0.05, 0.1) is 35.1 Å². The van der Waals surface area contributed by atoms with E-state index in [1.54, 1.807) is 13.8 Å². The summed E-state index contributed by atoms with van der Waals surface area (Å²) in [6, 6.07) is 18.0. The first kappa shape index (κ1) is 28.7. The second-order valence-electron chi connectivity index (χ2n) is 11.7. The third-order valence-corrected chi connectivity index (χ3v) is 8.41. The largest absolute Gasteiger partial charge is 0.388 e. The quantitative estimate of drug-likeness (QED) is 0.288. The lowest BCUT2D eigenvalue weighted by Crippen LogP contribution is -2.40. The molecule has 214 valence electrons. The number of nitrogens with zero attached hydrogens (tertiary/aromatic N) is 5. The lowest BCUT2D eigenvalue weighted by Gasteiger charge is -2.35. The normalized spacial score (nSPS) is 18.3. The molecule has 2 aromatic heterocycles. The predicted molar refractivity (Wildman–Crippen MR) is 159 cm³/mol. The molecule has 0 aliphatic heterocycles. The summed E-state index contributed by atoms with van der Waals surface area (Å²) in [5.41, 5.74) is 4.31. The first-order valence-corrected chi connectivity index (χ1v) is 14.6. The fourth-order valence-corrected chi connectivity index (χ4v) is 5.81. The van der Waals surface area contributed by atoms with Crippen LogP contribution in [0.2, 0.25) is 0 Å². The summed E-state index contributed by atoms with van der Waals surface area (Å²) in [7, 11) is 0. The van der Waals surface area contributed by atoms with Gasteiger partial charge < -0.3 is 9.84 Å². The van der Waals surface area contributed by atoms with E-state index in [4.69, 9.17) is 4.74 Å². The van der Waals surface area contributed by atoms with Crippen LogP contribution in [-0.4, -0.2) is 42.1 Å². The molecule has 2 heterocycles. The highest BCUT2D eigenvalue weighted by atomic mass is 16.5. The number of aromatic nitrogens is 4. The Morgan fingerprint density at radius 1 is 1.12 bits per heavy atom. The topological polar surface area (TPSA) is 105 Å². The Morgan fingerprint density at radius 3 is 2.49 bits per heavy atom. The minimum absolute atomic E-state index is 0.00193. The molecule has 1 aliphatic rings. The average Bonchev–Trinajstić information content (AvgIpc) is 3.45. The van der Waals surface area contributed by atoms with Crippen molar-refractivity contribution in [1.82, 2.24) is 19.2 Å². The molecule has 2 aromatic carbocycles. The third kappa shape index (κ3) is 5.97. The molecule has 1 N–H and O–H groups in total. The van der Waals surface area contributed by atoms with Crippen molar-refractivity contribution >= 4 is 5.78 Å². The highest BCUT2D eigenvalue weighted by Crippen LogP contribution is 2.32. The minimum Gasteiger partial charge on any atom is -0.388 e. The van der Waals surface area contributed by atoms with Crippen molar-refractivity contribution in [3.63, 3.8) is 0 Å². The molecule has 1 fully saturated rings. The maximum absolute atomic E-state index is 14.2. The van der Waals surface area contributed by atoms with Gasteiger partial charge in [0, 0.05) is 18.0 Å². The van der Waals surface area contributed by atoms with Crippen molar-refractivity contribution < 1.29 is 9.84 Å². The summed E-state index contributed by atoms with van der Waals surface area (Å²) < 4.78 is 9.88. The van der Waals surface area contributed by atoms with Crippen LogP contribution in [0.1, 0.15) is 88.2 Å². The fraction of sp³-hybridized carbons (Fsp3) is 0.455. The number of nitriles is 1. The second-order valence-corrected chi connectivity index (χ2v) is 11.7. The lowest BCUT2D eigenvalue weighted by molar-refractivity contribution is -0.118. The zero-order valence-corrected chi connectivity index (χ0v) is 24.4. The van der Waals surface area contributed by atoms with Crippen LogP contribution >= 0.6 is 0 Å². The van der Waals surface area contributed by atoms with Crippen molar-refractivity contribution in [3.8, 4) is 17.2 Å². The molecule has 0 bridgehead atoms. The Labute approximate surface area is 241 Å². The molecular formula is C33H39N5O3. The zero-order chi connectivity index (χ0) is 29.1. The van der Waals surface area contributed by atoms with Crippen molar-refractivity contribution in [2.45, 2.75) is 96.5 Å². The van der Waals surface area contributed by atoms with Gasteiger partial charge in [-0.2, -0.15) is 15.3 Å². The van der Waals surface area contributed by atoms with Crippen molar-refractivity contribution in [2.75, 3.05) is 0 Å². The first-order chi connectivity index (χ1) is 19.7. The van der Waals surface area contributed by atoms with Crippen LogP contribution in [0, 0.1) is 11.3 Å². The molecule has 1 aliphatic carbocycles. The van der Waals surface area contributed by atoms with E-state index in [0.717, 1.165) is 66.5 Å². The molecule has 1 atom stereocenters. The van der Waals surface area contributed by atoms with Gasteiger partial charge in [-0.25, -0.2) is 4.52 Å². The molecule has 1 saturated carbocycles. The predicted octanol–water partition coefficient (Wildman–Crippen LogP) is 5.63. The molecule has 8 heteroatoms. The lowest BCUT2D eigenvalue weighted by atomic mass is 9.91. The van der Waals surface area contributed by atoms with Crippen LogP contribution in [-0.2, 0) is 17.6 Å². The van der Waals surface area contributed by atoms with Crippen molar-refractivity contribution in [3.05, 3.63) is 87.6 Å². The van der Waals surface area contributed by atoms with Gasteiger partial charge in [0.2, 0.25) is 5.78 Å². The first-order valence-electron chi connectivity index (χ1n) is 14.6. The summed E-state index contributed by atoms with van der Waals surface area (Å²) in [6.07, 6.45) is 6.66. The van der Waals surface area contributed by atoms with Crippen LogP contribution in [0.25, 0.3) is 16.9 Å². The Hall–Kier alpha value is -3.80. The third-order valence-electron chi connectivity index (χ3n) is 8.41. The number of hydrogen-bond acceptors (Lipinski definition) is 6. The monoisotopic (exact) mass is 553 g/mol. The van der Waals surface area contributed by atoms with Gasteiger partial charge in [-0.05, 0) is 75.6 Å². The van der Waals surface area contributed by atoms with Crippen LogP contribution in [0.4, 0.5) is 0 Å². The number of ether oxygens (including phenoxy) is 1. The van der Waals surface area contributed by atoms with Crippen molar-refractivity contribution in [1.29, 1.82) is 5.26 Å². The Kier molecular flexibility index (Phi) is 8.39. The van der Waals surface area contributed by atoms with Gasteiger partial charge in [-0.3, -0.25) is 9.36 Å². The molecule has 0 spiro atoms. The van der Waals surface area contributed by atoms with E-state index in [1.165, 1.54) is 6.33 Å². The maximum Gasteiger partial charge on any atom is 0.259 e. The Bertz CT molecular complexity index is 1600. The van der Waals surface area contributed by atoms with E-state index in [1.807, 2.05) is 64.5 Å². The van der Waals surface area contributed by atoms with E-state index in [9.17, 15) is 15.2 Å². The van der Waals surface area contributed by atoms with Gasteiger partial charge >= 0.3 is 0 Å². The number of aryl methyl sites for hydroxylation is 1. The van der Waals surface area contributed by atoms with Crippen LogP contribution < -0.4 is 5.56 Å². The molecule has 0 saturated heterocycles. The van der Waals surface area contributed by atoms with Crippen LogP contribution in [0.5, 0.6) is 0 Å². The smallest absolute Gasteiger partial charge is 0.259 e. The standard InChI is InChI=1S/C33H39N5O3/c1-5-8-30-29(19-23-11-13-24(14-12-23)28-10-7-6-9-25(28)20-34)31(39)37(32-35-21-36-38(30)32)26-15-17-27(18-16-26)41-22(2)33(3,4)40/h6-7,9-14,21-22,26-27,40H,5,8,15-19H2,1-4H3.